The first-order valence-corrected chi connectivity index (χ1v) is 7.61. The Morgan fingerprint density at radius 1 is 1.17 bits per heavy atom. The van der Waals surface area contributed by atoms with Crippen LogP contribution < -0.4 is 15.4 Å². The average molecular weight is 327 g/mol. The maximum absolute atomic E-state index is 12.3. The van der Waals surface area contributed by atoms with Crippen molar-refractivity contribution < 1.29 is 14.3 Å². The lowest BCUT2D eigenvalue weighted by Crippen LogP contribution is -2.29. The molecule has 0 bridgehead atoms. The molecule has 0 saturated heterocycles. The molecule has 6 heteroatoms. The van der Waals surface area contributed by atoms with E-state index in [1.165, 1.54) is 20.2 Å². The molecule has 1 heterocycles. The third-order valence-electron chi connectivity index (χ3n) is 3.48. The van der Waals surface area contributed by atoms with Crippen LogP contribution in [0.2, 0.25) is 0 Å². The second-order valence-corrected chi connectivity index (χ2v) is 5.51. The van der Waals surface area contributed by atoms with E-state index in [-0.39, 0.29) is 24.3 Å². The third-order valence-corrected chi connectivity index (χ3v) is 3.48. The Kier molecular flexibility index (Phi) is 5.89. The van der Waals surface area contributed by atoms with Crippen LogP contribution in [0.5, 0.6) is 5.88 Å². The first-order valence-electron chi connectivity index (χ1n) is 7.61. The number of aromatic nitrogens is 1. The molecule has 0 aliphatic heterocycles. The highest BCUT2D eigenvalue weighted by Gasteiger charge is 2.17. The number of benzene rings is 1. The zero-order chi connectivity index (χ0) is 17.5. The Morgan fingerprint density at radius 2 is 1.88 bits per heavy atom. The normalized spacial score (nSPS) is 11.5. The van der Waals surface area contributed by atoms with Gasteiger partial charge in [-0.3, -0.25) is 9.59 Å². The molecule has 0 fully saturated rings. The van der Waals surface area contributed by atoms with Gasteiger partial charge in [-0.25, -0.2) is 4.98 Å². The second kappa shape index (κ2) is 8.10. The number of methoxy groups -OCH3 is 1. The van der Waals surface area contributed by atoms with Gasteiger partial charge in [0.1, 0.15) is 0 Å². The summed E-state index contributed by atoms with van der Waals surface area (Å²) in [5.74, 6) is 0.0876. The van der Waals surface area contributed by atoms with E-state index in [1.807, 2.05) is 31.2 Å². The largest absolute Gasteiger partial charge is 0.481 e. The van der Waals surface area contributed by atoms with Crippen LogP contribution >= 0.6 is 0 Å². The van der Waals surface area contributed by atoms with E-state index in [0.717, 1.165) is 11.1 Å². The van der Waals surface area contributed by atoms with Crippen molar-refractivity contribution in [3.05, 3.63) is 53.7 Å². The number of amides is 2. The van der Waals surface area contributed by atoms with Crippen LogP contribution in [-0.2, 0) is 9.59 Å². The van der Waals surface area contributed by atoms with Crippen molar-refractivity contribution >= 4 is 17.5 Å². The van der Waals surface area contributed by atoms with Gasteiger partial charge in [-0.2, -0.15) is 0 Å². The molecule has 0 aliphatic carbocycles. The van der Waals surface area contributed by atoms with Crippen molar-refractivity contribution in [1.29, 1.82) is 0 Å². The van der Waals surface area contributed by atoms with Crippen molar-refractivity contribution in [3.63, 3.8) is 0 Å². The van der Waals surface area contributed by atoms with Crippen LogP contribution in [0.25, 0.3) is 0 Å². The molecule has 1 atom stereocenters. The quantitative estimate of drug-likeness (QED) is 0.854. The predicted molar refractivity (Wildman–Crippen MR) is 91.8 cm³/mol. The molecule has 2 rings (SSSR count). The molecule has 0 radical (unpaired) electrons. The topological polar surface area (TPSA) is 80.3 Å². The number of hydrogen-bond donors (Lipinski definition) is 2. The highest BCUT2D eigenvalue weighted by molar-refractivity contribution is 5.91. The number of nitrogens with zero attached hydrogens (tertiary/aromatic N) is 1. The van der Waals surface area contributed by atoms with Gasteiger partial charge in [0.05, 0.1) is 31.5 Å². The summed E-state index contributed by atoms with van der Waals surface area (Å²) >= 11 is 0. The van der Waals surface area contributed by atoms with E-state index >= 15 is 0 Å². The van der Waals surface area contributed by atoms with Gasteiger partial charge in [0.2, 0.25) is 17.7 Å². The second-order valence-electron chi connectivity index (χ2n) is 5.51. The highest BCUT2D eigenvalue weighted by Crippen LogP contribution is 2.19. The lowest BCUT2D eigenvalue weighted by Gasteiger charge is -2.18. The SMILES string of the molecule is COc1ccc(NC(=O)CC(NC(C)=O)c2ccc(C)cc2)cn1. The fourth-order valence-corrected chi connectivity index (χ4v) is 2.27. The van der Waals surface area contributed by atoms with E-state index in [2.05, 4.69) is 15.6 Å². The maximum atomic E-state index is 12.3. The van der Waals surface area contributed by atoms with Crippen molar-refractivity contribution in [2.75, 3.05) is 12.4 Å². The van der Waals surface area contributed by atoms with Crippen molar-refractivity contribution in [3.8, 4) is 5.88 Å². The number of aryl methyl sites for hydroxylation is 1. The lowest BCUT2D eigenvalue weighted by molar-refractivity contribution is -0.120. The van der Waals surface area contributed by atoms with Crippen molar-refractivity contribution in [2.45, 2.75) is 26.3 Å². The highest BCUT2D eigenvalue weighted by atomic mass is 16.5. The molecule has 2 aromatic rings. The molecular formula is C18H21N3O3. The predicted octanol–water partition coefficient (Wildman–Crippen LogP) is 2.60. The summed E-state index contributed by atoms with van der Waals surface area (Å²) in [6.07, 6.45) is 1.66. The Hall–Kier alpha value is -2.89. The number of pyridine rings is 1. The fraction of sp³-hybridized carbons (Fsp3) is 0.278. The Morgan fingerprint density at radius 3 is 2.42 bits per heavy atom. The van der Waals surface area contributed by atoms with E-state index in [0.29, 0.717) is 11.6 Å². The van der Waals surface area contributed by atoms with Crippen LogP contribution in [0.1, 0.15) is 30.5 Å². The molecule has 0 aliphatic rings. The maximum Gasteiger partial charge on any atom is 0.226 e. The van der Waals surface area contributed by atoms with Crippen LogP contribution in [0.3, 0.4) is 0 Å². The molecule has 1 unspecified atom stereocenters. The summed E-state index contributed by atoms with van der Waals surface area (Å²) in [5, 5.41) is 5.58. The molecule has 0 spiro atoms. The first-order chi connectivity index (χ1) is 11.5. The van der Waals surface area contributed by atoms with Gasteiger partial charge >= 0.3 is 0 Å². The smallest absolute Gasteiger partial charge is 0.226 e. The number of carbonyl (C=O) groups is 2. The number of ether oxygens (including phenoxy) is 1. The zero-order valence-corrected chi connectivity index (χ0v) is 14.0. The summed E-state index contributed by atoms with van der Waals surface area (Å²) in [6.45, 7) is 3.42. The van der Waals surface area contributed by atoms with Crippen LogP contribution in [0.15, 0.2) is 42.6 Å². The number of rotatable bonds is 6. The average Bonchev–Trinajstić information content (AvgIpc) is 2.55. The Bertz CT molecular complexity index is 696. The van der Waals surface area contributed by atoms with E-state index in [1.54, 1.807) is 12.1 Å². The number of hydrogen-bond acceptors (Lipinski definition) is 4. The number of anilines is 1. The van der Waals surface area contributed by atoms with Crippen LogP contribution in [0.4, 0.5) is 5.69 Å². The molecule has 0 saturated carbocycles. The Labute approximate surface area is 141 Å². The summed E-state index contributed by atoms with van der Waals surface area (Å²) in [4.78, 5) is 27.8. The summed E-state index contributed by atoms with van der Waals surface area (Å²) in [7, 11) is 1.53. The minimum Gasteiger partial charge on any atom is -0.481 e. The summed E-state index contributed by atoms with van der Waals surface area (Å²) < 4.78 is 4.98. The minimum absolute atomic E-state index is 0.134. The molecule has 1 aromatic carbocycles. The monoisotopic (exact) mass is 327 g/mol. The van der Waals surface area contributed by atoms with Gasteiger partial charge < -0.3 is 15.4 Å². The van der Waals surface area contributed by atoms with Gasteiger partial charge in [-0.05, 0) is 18.6 Å². The molecule has 2 amide bonds. The molecule has 24 heavy (non-hydrogen) atoms. The van der Waals surface area contributed by atoms with Gasteiger partial charge in [-0.15, -0.1) is 0 Å². The summed E-state index contributed by atoms with van der Waals surface area (Å²) in [5.41, 5.74) is 2.58. The minimum atomic E-state index is -0.380. The molecule has 126 valence electrons. The molecule has 2 N–H and O–H groups in total. The summed E-state index contributed by atoms with van der Waals surface area (Å²) in [6, 6.07) is 10.7. The number of carbonyl (C=O) groups excluding carboxylic acids is 2. The van der Waals surface area contributed by atoms with Crippen LogP contribution in [-0.4, -0.2) is 23.9 Å². The number of nitrogens with one attached hydrogen (secondary N) is 2. The third kappa shape index (κ3) is 5.08. The van der Waals surface area contributed by atoms with Crippen molar-refractivity contribution in [2.24, 2.45) is 0 Å². The van der Waals surface area contributed by atoms with Gasteiger partial charge in [0, 0.05) is 13.0 Å². The van der Waals surface area contributed by atoms with Gasteiger partial charge in [0.25, 0.3) is 0 Å². The molecular weight excluding hydrogens is 306 g/mol. The fourth-order valence-electron chi connectivity index (χ4n) is 2.27. The van der Waals surface area contributed by atoms with Crippen molar-refractivity contribution in [1.82, 2.24) is 10.3 Å². The molecule has 1 aromatic heterocycles. The first kappa shape index (κ1) is 17.5. The zero-order valence-electron chi connectivity index (χ0n) is 14.0. The van der Waals surface area contributed by atoms with Crippen LogP contribution in [0, 0.1) is 6.92 Å². The Balaban J connectivity index is 2.05. The standard InChI is InChI=1S/C18H21N3O3/c1-12-4-6-14(7-5-12)16(20-13(2)22)10-17(23)21-15-8-9-18(24-3)19-11-15/h4-9,11,16H,10H2,1-3H3,(H,20,22)(H,21,23). The van der Waals surface area contributed by atoms with E-state index < -0.39 is 0 Å². The van der Waals surface area contributed by atoms with Gasteiger partial charge in [0.15, 0.2) is 0 Å². The van der Waals surface area contributed by atoms with Gasteiger partial charge in [-0.1, -0.05) is 29.8 Å². The molecule has 6 nitrogen and oxygen atoms in total. The lowest BCUT2D eigenvalue weighted by atomic mass is 10.0. The van der Waals surface area contributed by atoms with E-state index in [4.69, 9.17) is 4.74 Å². The van der Waals surface area contributed by atoms with E-state index in [9.17, 15) is 9.59 Å².